The summed E-state index contributed by atoms with van der Waals surface area (Å²) in [6.45, 7) is -0.495. The zero-order chi connectivity index (χ0) is 19.4. The molecule has 1 N–H and O–H groups in total. The molecule has 1 amide bonds. The maximum absolute atomic E-state index is 13.6. The predicted octanol–water partition coefficient (Wildman–Crippen LogP) is 4.56. The third-order valence-corrected chi connectivity index (χ3v) is 5.53. The van der Waals surface area contributed by atoms with Gasteiger partial charge in [-0.15, -0.1) is 0 Å². The molecule has 5 nitrogen and oxygen atoms in total. The Balaban J connectivity index is 1.48. The number of hydrogen-bond donors (Lipinski definition) is 1. The minimum Gasteiger partial charge on any atom is -0.456 e. The molecule has 0 aliphatic heterocycles. The quantitative estimate of drug-likeness (QED) is 0.570. The summed E-state index contributed by atoms with van der Waals surface area (Å²) in [4.78, 5) is 27.4. The van der Waals surface area contributed by atoms with E-state index in [1.165, 1.54) is 19.3 Å². The lowest BCUT2D eigenvalue weighted by atomic mass is 9.86. The normalized spacial score (nSPS) is 15.1. The molecule has 1 aromatic carbocycles. The minimum absolute atomic E-state index is 0.0304. The topological polar surface area (TPSA) is 68.3 Å². The van der Waals surface area contributed by atoms with Crippen molar-refractivity contribution in [2.75, 3.05) is 11.9 Å². The molecular formula is C18H19F3N2O3S. The van der Waals surface area contributed by atoms with Gasteiger partial charge in [0.2, 0.25) is 0 Å². The van der Waals surface area contributed by atoms with Gasteiger partial charge >= 0.3 is 5.97 Å². The van der Waals surface area contributed by atoms with Crippen LogP contribution >= 0.6 is 11.3 Å². The number of nitrogens with zero attached hydrogens (tertiary/aromatic N) is 1. The van der Waals surface area contributed by atoms with Crippen LogP contribution in [-0.2, 0) is 14.3 Å². The van der Waals surface area contributed by atoms with Gasteiger partial charge in [-0.2, -0.15) is 0 Å². The van der Waals surface area contributed by atoms with E-state index in [0.717, 1.165) is 36.7 Å². The minimum atomic E-state index is -1.61. The van der Waals surface area contributed by atoms with Crippen LogP contribution in [0.4, 0.5) is 18.3 Å². The van der Waals surface area contributed by atoms with Crippen molar-refractivity contribution in [3.8, 4) is 0 Å². The number of thiazole rings is 1. The van der Waals surface area contributed by atoms with Crippen molar-refractivity contribution in [3.63, 3.8) is 0 Å². The molecule has 1 heterocycles. The lowest BCUT2D eigenvalue weighted by Gasteiger charge is -2.20. The number of esters is 1. The van der Waals surface area contributed by atoms with E-state index in [1.54, 1.807) is 0 Å². The summed E-state index contributed by atoms with van der Waals surface area (Å²) in [7, 11) is 0. The second-order valence-corrected chi connectivity index (χ2v) is 7.63. The Labute approximate surface area is 157 Å². The van der Waals surface area contributed by atoms with Crippen LogP contribution in [0.2, 0.25) is 0 Å². The van der Waals surface area contributed by atoms with Crippen molar-refractivity contribution in [2.24, 2.45) is 5.92 Å². The Hall–Kier alpha value is -2.16. The van der Waals surface area contributed by atoms with Crippen molar-refractivity contribution in [3.05, 3.63) is 23.5 Å². The molecule has 1 aromatic heterocycles. The van der Waals surface area contributed by atoms with Gasteiger partial charge in [0, 0.05) is 6.42 Å². The van der Waals surface area contributed by atoms with E-state index in [4.69, 9.17) is 4.74 Å². The van der Waals surface area contributed by atoms with Crippen molar-refractivity contribution in [2.45, 2.75) is 44.9 Å². The molecule has 1 saturated carbocycles. The highest BCUT2D eigenvalue weighted by Crippen LogP contribution is 2.30. The standard InChI is InChI=1S/C18H19F3N2O3S/c19-11-8-12-17(16(21)15(11)20)23-18(27-12)22-13(24)9-26-14(25)7-6-10-4-2-1-3-5-10/h8,10H,1-7,9H2,(H,22,23,24). The third kappa shape index (κ3) is 4.97. The van der Waals surface area contributed by atoms with E-state index in [1.807, 2.05) is 0 Å². The first-order valence-corrected chi connectivity index (χ1v) is 9.65. The number of benzene rings is 1. The zero-order valence-electron chi connectivity index (χ0n) is 14.5. The van der Waals surface area contributed by atoms with Crippen LogP contribution < -0.4 is 5.32 Å². The lowest BCUT2D eigenvalue weighted by molar-refractivity contribution is -0.147. The lowest BCUT2D eigenvalue weighted by Crippen LogP contribution is -2.21. The van der Waals surface area contributed by atoms with E-state index in [-0.39, 0.29) is 21.8 Å². The summed E-state index contributed by atoms with van der Waals surface area (Å²) in [5, 5.41) is 2.31. The summed E-state index contributed by atoms with van der Waals surface area (Å²) in [5.74, 6) is -4.91. The van der Waals surface area contributed by atoms with Gasteiger partial charge in [0.25, 0.3) is 5.91 Å². The second-order valence-electron chi connectivity index (χ2n) is 6.60. The van der Waals surface area contributed by atoms with Gasteiger partial charge < -0.3 is 4.74 Å². The Morgan fingerprint density at radius 3 is 2.67 bits per heavy atom. The SMILES string of the molecule is O=C(COC(=O)CCC1CCCCC1)Nc1nc2c(F)c(F)c(F)cc2s1. The second kappa shape index (κ2) is 8.69. The van der Waals surface area contributed by atoms with Crippen LogP contribution in [0.5, 0.6) is 0 Å². The zero-order valence-corrected chi connectivity index (χ0v) is 15.3. The van der Waals surface area contributed by atoms with Crippen LogP contribution in [0.3, 0.4) is 0 Å². The Kier molecular flexibility index (Phi) is 6.30. The number of aromatic nitrogens is 1. The number of anilines is 1. The molecular weight excluding hydrogens is 381 g/mol. The fourth-order valence-electron chi connectivity index (χ4n) is 3.20. The molecule has 0 atom stereocenters. The number of fused-ring (bicyclic) bond motifs is 1. The van der Waals surface area contributed by atoms with E-state index >= 15 is 0 Å². The van der Waals surface area contributed by atoms with Crippen molar-refractivity contribution < 1.29 is 27.5 Å². The smallest absolute Gasteiger partial charge is 0.306 e. The first kappa shape index (κ1) is 19.6. The van der Waals surface area contributed by atoms with Crippen LogP contribution in [-0.4, -0.2) is 23.5 Å². The highest BCUT2D eigenvalue weighted by atomic mass is 32.1. The molecule has 1 aliphatic rings. The van der Waals surface area contributed by atoms with Gasteiger partial charge in [-0.25, -0.2) is 18.2 Å². The molecule has 3 rings (SSSR count). The monoisotopic (exact) mass is 400 g/mol. The van der Waals surface area contributed by atoms with Gasteiger partial charge in [-0.1, -0.05) is 43.4 Å². The predicted molar refractivity (Wildman–Crippen MR) is 94.9 cm³/mol. The van der Waals surface area contributed by atoms with Crippen molar-refractivity contribution >= 4 is 38.6 Å². The number of halogens is 3. The molecule has 0 radical (unpaired) electrons. The Bertz CT molecular complexity index is 850. The number of carbonyl (C=O) groups excluding carboxylic acids is 2. The maximum atomic E-state index is 13.6. The number of nitrogens with one attached hydrogen (secondary N) is 1. The van der Waals surface area contributed by atoms with Gasteiger partial charge in [0.1, 0.15) is 5.52 Å². The van der Waals surface area contributed by atoms with Gasteiger partial charge in [0.05, 0.1) is 4.70 Å². The molecule has 2 aromatic rings. The van der Waals surface area contributed by atoms with E-state index in [2.05, 4.69) is 10.3 Å². The Morgan fingerprint density at radius 1 is 1.19 bits per heavy atom. The molecule has 1 aliphatic carbocycles. The summed E-state index contributed by atoms with van der Waals surface area (Å²) >= 11 is 0.796. The molecule has 1 fully saturated rings. The summed E-state index contributed by atoms with van der Waals surface area (Å²) < 4.78 is 45.1. The molecule has 0 bridgehead atoms. The number of rotatable bonds is 6. The van der Waals surface area contributed by atoms with Crippen molar-refractivity contribution in [1.82, 2.24) is 4.98 Å². The van der Waals surface area contributed by atoms with E-state index in [9.17, 15) is 22.8 Å². The average Bonchev–Trinajstić information content (AvgIpc) is 3.06. The molecule has 9 heteroatoms. The van der Waals surface area contributed by atoms with Gasteiger partial charge in [-0.05, 0) is 18.4 Å². The highest BCUT2D eigenvalue weighted by Gasteiger charge is 2.19. The fraction of sp³-hybridized carbons (Fsp3) is 0.500. The number of ether oxygens (including phenoxy) is 1. The molecule has 27 heavy (non-hydrogen) atoms. The number of hydrogen-bond acceptors (Lipinski definition) is 5. The number of amides is 1. The Morgan fingerprint density at radius 2 is 1.93 bits per heavy atom. The van der Waals surface area contributed by atoms with Crippen LogP contribution in [0.15, 0.2) is 6.07 Å². The first-order valence-electron chi connectivity index (χ1n) is 8.83. The average molecular weight is 400 g/mol. The van der Waals surface area contributed by atoms with E-state index in [0.29, 0.717) is 5.92 Å². The van der Waals surface area contributed by atoms with E-state index < -0.39 is 35.9 Å². The first-order chi connectivity index (χ1) is 12.9. The van der Waals surface area contributed by atoms with Crippen LogP contribution in [0.1, 0.15) is 44.9 Å². The molecule has 0 saturated heterocycles. The largest absolute Gasteiger partial charge is 0.456 e. The maximum Gasteiger partial charge on any atom is 0.306 e. The van der Waals surface area contributed by atoms with Crippen LogP contribution in [0, 0.1) is 23.4 Å². The fourth-order valence-corrected chi connectivity index (χ4v) is 4.10. The summed E-state index contributed by atoms with van der Waals surface area (Å²) in [6, 6.07) is 0.812. The molecule has 0 unspecified atom stereocenters. The van der Waals surface area contributed by atoms with Gasteiger partial charge in [-0.3, -0.25) is 14.9 Å². The number of carbonyl (C=O) groups is 2. The van der Waals surface area contributed by atoms with Crippen molar-refractivity contribution in [1.29, 1.82) is 0 Å². The van der Waals surface area contributed by atoms with Crippen LogP contribution in [0.25, 0.3) is 10.2 Å². The van der Waals surface area contributed by atoms with Gasteiger partial charge in [0.15, 0.2) is 29.2 Å². The highest BCUT2D eigenvalue weighted by molar-refractivity contribution is 7.22. The molecule has 146 valence electrons. The summed E-state index contributed by atoms with van der Waals surface area (Å²) in [6.07, 6.45) is 6.91. The molecule has 0 spiro atoms. The summed E-state index contributed by atoms with van der Waals surface area (Å²) in [5.41, 5.74) is -0.362. The third-order valence-electron chi connectivity index (χ3n) is 4.61.